The Morgan fingerprint density at radius 3 is 2.77 bits per heavy atom. The number of benzene rings is 2. The van der Waals surface area contributed by atoms with E-state index in [1.54, 1.807) is 31.3 Å². The van der Waals surface area contributed by atoms with Crippen LogP contribution in [0.5, 0.6) is 11.5 Å². The third-order valence-corrected chi connectivity index (χ3v) is 5.49. The summed E-state index contributed by atoms with van der Waals surface area (Å²) in [5.41, 5.74) is 2.96. The minimum absolute atomic E-state index is 0.0451. The molecule has 2 aromatic carbocycles. The molecule has 3 N–H and O–H groups in total. The molecule has 4 rings (SSSR count). The second kappa shape index (κ2) is 8.99. The van der Waals surface area contributed by atoms with Crippen molar-refractivity contribution < 1.29 is 19.1 Å². The van der Waals surface area contributed by atoms with Crippen LogP contribution in [0.25, 0.3) is 10.9 Å². The predicted octanol–water partition coefficient (Wildman–Crippen LogP) is 2.83. The first kappa shape index (κ1) is 20.6. The van der Waals surface area contributed by atoms with Crippen LogP contribution in [-0.4, -0.2) is 50.3 Å². The molecule has 8 nitrogen and oxygen atoms in total. The number of aromatic nitrogens is 1. The Hall–Kier alpha value is -3.68. The highest BCUT2D eigenvalue weighted by atomic mass is 16.5. The Morgan fingerprint density at radius 1 is 1.16 bits per heavy atom. The maximum absolute atomic E-state index is 12.5. The number of aromatic amines is 1. The summed E-state index contributed by atoms with van der Waals surface area (Å²) in [6.07, 6.45) is 2.95. The van der Waals surface area contributed by atoms with Gasteiger partial charge in [-0.15, -0.1) is 0 Å². The number of hydrogen-bond acceptors (Lipinski definition) is 4. The van der Waals surface area contributed by atoms with Crippen molar-refractivity contribution in [3.8, 4) is 11.5 Å². The average molecular weight is 422 g/mol. The summed E-state index contributed by atoms with van der Waals surface area (Å²) in [7, 11) is 3.12. The third kappa shape index (κ3) is 4.42. The van der Waals surface area contributed by atoms with Gasteiger partial charge in [0, 0.05) is 48.4 Å². The Morgan fingerprint density at radius 2 is 1.97 bits per heavy atom. The minimum atomic E-state index is -0.271. The van der Waals surface area contributed by atoms with Gasteiger partial charge in [0.2, 0.25) is 5.91 Å². The molecule has 3 aromatic rings. The van der Waals surface area contributed by atoms with E-state index in [1.807, 2.05) is 30.5 Å². The second-order valence-electron chi connectivity index (χ2n) is 7.45. The fraction of sp³-hybridized carbons (Fsp3) is 0.304. The molecular weight excluding hydrogens is 396 g/mol. The number of H-pyrrole nitrogens is 1. The van der Waals surface area contributed by atoms with Gasteiger partial charge in [-0.1, -0.05) is 18.2 Å². The summed E-state index contributed by atoms with van der Waals surface area (Å²) in [5, 5.41) is 6.95. The summed E-state index contributed by atoms with van der Waals surface area (Å²) in [4.78, 5) is 29.7. The van der Waals surface area contributed by atoms with Crippen LogP contribution in [0.15, 0.2) is 48.7 Å². The maximum atomic E-state index is 12.5. The van der Waals surface area contributed by atoms with Gasteiger partial charge in [-0.05, 0) is 30.2 Å². The predicted molar refractivity (Wildman–Crippen MR) is 119 cm³/mol. The molecule has 0 saturated carbocycles. The van der Waals surface area contributed by atoms with Crippen LogP contribution in [-0.2, 0) is 11.2 Å². The number of fused-ring (bicyclic) bond motifs is 1. The van der Waals surface area contributed by atoms with Crippen molar-refractivity contribution in [3.05, 3.63) is 54.2 Å². The monoisotopic (exact) mass is 422 g/mol. The first-order valence-corrected chi connectivity index (χ1v) is 10.2. The minimum Gasteiger partial charge on any atom is -0.493 e. The van der Waals surface area contributed by atoms with E-state index >= 15 is 0 Å². The van der Waals surface area contributed by atoms with Crippen molar-refractivity contribution in [2.75, 3.05) is 32.2 Å². The topological polar surface area (TPSA) is 95.7 Å². The van der Waals surface area contributed by atoms with E-state index in [-0.39, 0.29) is 24.4 Å². The lowest BCUT2D eigenvalue weighted by Crippen LogP contribution is -2.43. The molecule has 2 heterocycles. The molecule has 1 fully saturated rings. The fourth-order valence-electron chi connectivity index (χ4n) is 3.93. The summed E-state index contributed by atoms with van der Waals surface area (Å²) in [5.74, 6) is 1.11. The van der Waals surface area contributed by atoms with Crippen LogP contribution in [0.4, 0.5) is 10.5 Å². The normalized spacial score (nSPS) is 15.9. The lowest BCUT2D eigenvalue weighted by atomic mass is 10.1. The Bertz CT molecular complexity index is 1090. The van der Waals surface area contributed by atoms with Gasteiger partial charge < -0.3 is 30.0 Å². The molecule has 0 spiro atoms. The van der Waals surface area contributed by atoms with E-state index in [0.717, 1.165) is 22.9 Å². The zero-order valence-corrected chi connectivity index (χ0v) is 17.6. The largest absolute Gasteiger partial charge is 0.493 e. The molecule has 8 heteroatoms. The number of hydrogen-bond donors (Lipinski definition) is 3. The second-order valence-corrected chi connectivity index (χ2v) is 7.45. The van der Waals surface area contributed by atoms with Gasteiger partial charge >= 0.3 is 6.03 Å². The van der Waals surface area contributed by atoms with Crippen LogP contribution >= 0.6 is 0 Å². The quantitative estimate of drug-likeness (QED) is 0.546. The molecule has 0 bridgehead atoms. The zero-order valence-electron chi connectivity index (χ0n) is 17.6. The first-order valence-electron chi connectivity index (χ1n) is 10.2. The maximum Gasteiger partial charge on any atom is 0.315 e. The smallest absolute Gasteiger partial charge is 0.315 e. The average Bonchev–Trinajstić information content (AvgIpc) is 3.36. The number of nitrogens with one attached hydrogen (secondary N) is 3. The molecule has 1 unspecified atom stereocenters. The number of carbonyl (C=O) groups is 2. The first-order chi connectivity index (χ1) is 15.1. The number of amides is 3. The van der Waals surface area contributed by atoms with E-state index in [2.05, 4.69) is 21.7 Å². The van der Waals surface area contributed by atoms with Gasteiger partial charge in [0.25, 0.3) is 0 Å². The van der Waals surface area contributed by atoms with E-state index < -0.39 is 0 Å². The van der Waals surface area contributed by atoms with Crippen molar-refractivity contribution in [2.24, 2.45) is 0 Å². The van der Waals surface area contributed by atoms with Crippen molar-refractivity contribution in [2.45, 2.75) is 18.9 Å². The van der Waals surface area contributed by atoms with Crippen molar-refractivity contribution in [1.82, 2.24) is 15.6 Å². The zero-order chi connectivity index (χ0) is 21.8. The summed E-state index contributed by atoms with van der Waals surface area (Å²) < 4.78 is 10.6. The van der Waals surface area contributed by atoms with E-state index in [4.69, 9.17) is 9.47 Å². The van der Waals surface area contributed by atoms with E-state index in [1.165, 1.54) is 0 Å². The van der Waals surface area contributed by atoms with Crippen molar-refractivity contribution in [1.29, 1.82) is 0 Å². The summed E-state index contributed by atoms with van der Waals surface area (Å²) in [6, 6.07) is 12.9. The number of carbonyl (C=O) groups excluding carboxylic acids is 2. The van der Waals surface area contributed by atoms with Gasteiger partial charge in [-0.3, -0.25) is 4.79 Å². The van der Waals surface area contributed by atoms with Crippen molar-refractivity contribution >= 4 is 28.5 Å². The van der Waals surface area contributed by atoms with Crippen LogP contribution in [0.1, 0.15) is 12.0 Å². The number of methoxy groups -OCH3 is 2. The van der Waals surface area contributed by atoms with Gasteiger partial charge in [-0.2, -0.15) is 0 Å². The van der Waals surface area contributed by atoms with Gasteiger partial charge in [0.1, 0.15) is 0 Å². The highest BCUT2D eigenvalue weighted by molar-refractivity contribution is 5.97. The lowest BCUT2D eigenvalue weighted by molar-refractivity contribution is -0.117. The Balaban J connectivity index is 1.30. The van der Waals surface area contributed by atoms with Gasteiger partial charge in [0.15, 0.2) is 11.5 Å². The number of anilines is 1. The number of urea groups is 1. The molecule has 1 aliphatic heterocycles. The highest BCUT2D eigenvalue weighted by Gasteiger charge is 2.32. The van der Waals surface area contributed by atoms with Crippen LogP contribution in [0.3, 0.4) is 0 Å². The number of para-hydroxylation sites is 1. The molecule has 1 aliphatic rings. The molecule has 31 heavy (non-hydrogen) atoms. The molecular formula is C23H26N4O4. The molecule has 0 radical (unpaired) electrons. The molecule has 1 aromatic heterocycles. The van der Waals surface area contributed by atoms with E-state index in [9.17, 15) is 9.59 Å². The number of rotatable bonds is 7. The standard InChI is InChI=1S/C23H26N4O4/c1-30-20-8-7-17(12-21(20)31-2)27-14-16(11-22(27)28)26-23(29)24-10-9-15-13-25-19-6-4-3-5-18(15)19/h3-8,12-13,16,25H,9-11,14H2,1-2H3,(H2,24,26,29). The summed E-state index contributed by atoms with van der Waals surface area (Å²) in [6.45, 7) is 0.915. The van der Waals surface area contributed by atoms with Gasteiger partial charge in [-0.25, -0.2) is 4.79 Å². The number of ether oxygens (including phenoxy) is 2. The highest BCUT2D eigenvalue weighted by Crippen LogP contribution is 2.33. The molecule has 3 amide bonds. The van der Waals surface area contributed by atoms with Crippen LogP contribution in [0, 0.1) is 0 Å². The molecule has 162 valence electrons. The van der Waals surface area contributed by atoms with E-state index in [0.29, 0.717) is 30.3 Å². The molecule has 0 aliphatic carbocycles. The third-order valence-electron chi connectivity index (χ3n) is 5.49. The van der Waals surface area contributed by atoms with Gasteiger partial charge in [0.05, 0.1) is 20.3 Å². The fourth-order valence-corrected chi connectivity index (χ4v) is 3.93. The SMILES string of the molecule is COc1ccc(N2CC(NC(=O)NCCc3c[nH]c4ccccc34)CC2=O)cc1OC. The molecule has 1 saturated heterocycles. The summed E-state index contributed by atoms with van der Waals surface area (Å²) >= 11 is 0. The van der Waals surface area contributed by atoms with Crippen LogP contribution in [0.2, 0.25) is 0 Å². The number of nitrogens with zero attached hydrogens (tertiary/aromatic N) is 1. The molecule has 1 atom stereocenters. The lowest BCUT2D eigenvalue weighted by Gasteiger charge is -2.19. The van der Waals surface area contributed by atoms with Crippen LogP contribution < -0.4 is 25.0 Å². The Kier molecular flexibility index (Phi) is 5.97. The van der Waals surface area contributed by atoms with Crippen molar-refractivity contribution in [3.63, 3.8) is 0 Å². The Labute approximate surface area is 180 Å².